The Balaban J connectivity index is 1.90. The van der Waals surface area contributed by atoms with E-state index in [9.17, 15) is 9.59 Å². The Morgan fingerprint density at radius 3 is 2.73 bits per heavy atom. The summed E-state index contributed by atoms with van der Waals surface area (Å²) in [4.78, 5) is 22.5. The summed E-state index contributed by atoms with van der Waals surface area (Å²) in [5.41, 5.74) is 3.18. The van der Waals surface area contributed by atoms with Crippen molar-refractivity contribution >= 4 is 11.7 Å². The summed E-state index contributed by atoms with van der Waals surface area (Å²) < 4.78 is 0. The second-order valence-electron chi connectivity index (χ2n) is 4.67. The summed E-state index contributed by atoms with van der Waals surface area (Å²) in [5.74, 6) is 0.732. The van der Waals surface area contributed by atoms with Crippen molar-refractivity contribution in [1.82, 2.24) is 10.4 Å². The van der Waals surface area contributed by atoms with Crippen LogP contribution >= 0.6 is 0 Å². The Morgan fingerprint density at radius 1 is 1.47 bits per heavy atom. The molecule has 1 heterocycles. The molecule has 2 fully saturated rings. The fraction of sp³-hybridized carbons (Fsp3) is 0.818. The van der Waals surface area contributed by atoms with Gasteiger partial charge in [0.05, 0.1) is 6.54 Å². The molecular formula is C11H18N2O2. The lowest BCUT2D eigenvalue weighted by atomic mass is 9.97. The molecule has 2 aliphatic rings. The molecule has 0 aromatic rings. The van der Waals surface area contributed by atoms with Crippen LogP contribution in [0.15, 0.2) is 0 Å². The highest BCUT2D eigenvalue weighted by Gasteiger charge is 2.35. The van der Waals surface area contributed by atoms with Crippen molar-refractivity contribution in [2.24, 2.45) is 5.92 Å². The van der Waals surface area contributed by atoms with E-state index in [0.29, 0.717) is 12.3 Å². The number of hydrazine groups is 1. The third-order valence-electron chi connectivity index (χ3n) is 3.37. The van der Waals surface area contributed by atoms with E-state index >= 15 is 0 Å². The number of carbonyl (C=O) groups is 2. The third-order valence-corrected chi connectivity index (χ3v) is 3.37. The maximum absolute atomic E-state index is 11.6. The van der Waals surface area contributed by atoms with Crippen LogP contribution in [0.3, 0.4) is 0 Å². The predicted molar refractivity (Wildman–Crippen MR) is 55.9 cm³/mol. The number of rotatable bonds is 3. The number of nitrogens with one attached hydrogen (secondary N) is 1. The molecule has 1 N–H and O–H groups in total. The molecular weight excluding hydrogens is 192 g/mol. The van der Waals surface area contributed by atoms with Crippen LogP contribution in [-0.4, -0.2) is 29.3 Å². The van der Waals surface area contributed by atoms with Crippen LogP contribution in [0.4, 0.5) is 0 Å². The lowest BCUT2D eigenvalue weighted by Gasteiger charge is -2.20. The van der Waals surface area contributed by atoms with Gasteiger partial charge in [-0.2, -0.15) is 0 Å². The van der Waals surface area contributed by atoms with Gasteiger partial charge >= 0.3 is 0 Å². The highest BCUT2D eigenvalue weighted by atomic mass is 16.2. The highest BCUT2D eigenvalue weighted by molar-refractivity contribution is 5.85. The minimum atomic E-state index is 0.0305. The van der Waals surface area contributed by atoms with Crippen molar-refractivity contribution in [1.29, 1.82) is 0 Å². The van der Waals surface area contributed by atoms with Crippen molar-refractivity contribution in [3.63, 3.8) is 0 Å². The number of hydrogen-bond donors (Lipinski definition) is 1. The molecule has 0 aromatic heterocycles. The van der Waals surface area contributed by atoms with Crippen molar-refractivity contribution in [2.75, 3.05) is 6.54 Å². The Kier molecular flexibility index (Phi) is 3.05. The fourth-order valence-corrected chi connectivity index (χ4v) is 2.60. The number of nitrogens with zero attached hydrogens (tertiary/aromatic N) is 1. The van der Waals surface area contributed by atoms with E-state index in [0.717, 1.165) is 0 Å². The van der Waals surface area contributed by atoms with Gasteiger partial charge in [-0.25, -0.2) is 5.43 Å². The fourth-order valence-electron chi connectivity index (χ4n) is 2.60. The van der Waals surface area contributed by atoms with Crippen LogP contribution in [-0.2, 0) is 9.59 Å². The van der Waals surface area contributed by atoms with E-state index in [1.165, 1.54) is 37.6 Å². The average Bonchev–Trinajstić information content (AvgIpc) is 2.75. The second kappa shape index (κ2) is 4.31. The van der Waals surface area contributed by atoms with Gasteiger partial charge in [-0.15, -0.1) is 0 Å². The summed E-state index contributed by atoms with van der Waals surface area (Å²) in [7, 11) is 0. The Labute approximate surface area is 90.0 Å². The molecule has 4 heteroatoms. The summed E-state index contributed by atoms with van der Waals surface area (Å²) in [6.45, 7) is 1.72. The molecule has 1 aliphatic carbocycles. The van der Waals surface area contributed by atoms with Gasteiger partial charge in [-0.1, -0.05) is 12.8 Å². The maximum Gasteiger partial charge on any atom is 0.238 e. The molecule has 1 atom stereocenters. The van der Waals surface area contributed by atoms with Crippen LogP contribution < -0.4 is 5.43 Å². The molecule has 0 bridgehead atoms. The van der Waals surface area contributed by atoms with Gasteiger partial charge in [0.1, 0.15) is 0 Å². The van der Waals surface area contributed by atoms with Crippen LogP contribution in [0.5, 0.6) is 0 Å². The van der Waals surface area contributed by atoms with Gasteiger partial charge < -0.3 is 0 Å². The Hall–Kier alpha value is -0.900. The van der Waals surface area contributed by atoms with Gasteiger partial charge in [0.25, 0.3) is 0 Å². The number of hydrogen-bond acceptors (Lipinski definition) is 3. The average molecular weight is 210 g/mol. The zero-order valence-corrected chi connectivity index (χ0v) is 9.16. The van der Waals surface area contributed by atoms with Crippen molar-refractivity contribution in [3.05, 3.63) is 0 Å². The first-order chi connectivity index (χ1) is 7.16. The van der Waals surface area contributed by atoms with E-state index in [1.807, 2.05) is 0 Å². The first kappa shape index (κ1) is 10.6. The first-order valence-corrected chi connectivity index (χ1v) is 5.73. The second-order valence-corrected chi connectivity index (χ2v) is 4.67. The van der Waals surface area contributed by atoms with E-state index in [-0.39, 0.29) is 24.3 Å². The standard InChI is InChI=1S/C11H18N2O2/c1-8(14)7-13-11(15)6-10(12-13)9-4-2-3-5-9/h9-10,12H,2-7H2,1H3. The molecule has 1 unspecified atom stereocenters. The molecule has 4 nitrogen and oxygen atoms in total. The molecule has 0 spiro atoms. The molecule has 1 saturated carbocycles. The topological polar surface area (TPSA) is 49.4 Å². The monoisotopic (exact) mass is 210 g/mol. The van der Waals surface area contributed by atoms with Gasteiger partial charge in [0, 0.05) is 12.5 Å². The summed E-state index contributed by atoms with van der Waals surface area (Å²) >= 11 is 0. The highest BCUT2D eigenvalue weighted by Crippen LogP contribution is 2.31. The van der Waals surface area contributed by atoms with E-state index in [2.05, 4.69) is 5.43 Å². The lowest BCUT2D eigenvalue weighted by molar-refractivity contribution is -0.133. The molecule has 15 heavy (non-hydrogen) atoms. The Morgan fingerprint density at radius 2 is 2.13 bits per heavy atom. The van der Waals surface area contributed by atoms with Crippen LogP contribution in [0.2, 0.25) is 0 Å². The zero-order chi connectivity index (χ0) is 10.8. The minimum absolute atomic E-state index is 0.0305. The summed E-state index contributed by atoms with van der Waals surface area (Å²) in [5, 5.41) is 1.49. The number of ketones is 1. The SMILES string of the molecule is CC(=O)CN1NC(C2CCCC2)CC1=O. The molecule has 0 radical (unpaired) electrons. The first-order valence-electron chi connectivity index (χ1n) is 5.73. The molecule has 1 saturated heterocycles. The smallest absolute Gasteiger partial charge is 0.238 e. The predicted octanol–water partition coefficient (Wildman–Crippen LogP) is 0.871. The lowest BCUT2D eigenvalue weighted by Crippen LogP contribution is -2.42. The molecule has 2 rings (SSSR count). The van der Waals surface area contributed by atoms with Gasteiger partial charge in [-0.3, -0.25) is 14.6 Å². The normalized spacial score (nSPS) is 27.7. The van der Waals surface area contributed by atoms with E-state index in [4.69, 9.17) is 0 Å². The largest absolute Gasteiger partial charge is 0.298 e. The summed E-state index contributed by atoms with van der Waals surface area (Å²) in [6, 6.07) is 0.277. The van der Waals surface area contributed by atoms with Crippen LogP contribution in [0.1, 0.15) is 39.0 Å². The zero-order valence-electron chi connectivity index (χ0n) is 9.16. The van der Waals surface area contributed by atoms with Crippen LogP contribution in [0.25, 0.3) is 0 Å². The molecule has 1 aliphatic heterocycles. The number of amides is 1. The minimum Gasteiger partial charge on any atom is -0.298 e. The van der Waals surface area contributed by atoms with Crippen molar-refractivity contribution < 1.29 is 9.59 Å². The van der Waals surface area contributed by atoms with E-state index in [1.54, 1.807) is 0 Å². The Bertz CT molecular complexity index is 272. The maximum atomic E-state index is 11.6. The van der Waals surface area contributed by atoms with Gasteiger partial charge in [0.15, 0.2) is 5.78 Å². The summed E-state index contributed by atoms with van der Waals surface area (Å²) in [6.07, 6.45) is 5.57. The molecule has 84 valence electrons. The third kappa shape index (κ3) is 2.37. The van der Waals surface area contributed by atoms with E-state index < -0.39 is 0 Å². The quantitative estimate of drug-likeness (QED) is 0.752. The van der Waals surface area contributed by atoms with Crippen LogP contribution in [0, 0.1) is 5.92 Å². The number of Topliss-reactive ketones (excluding diaryl/α,β-unsaturated/α-hetero) is 1. The number of carbonyl (C=O) groups excluding carboxylic acids is 2. The van der Waals surface area contributed by atoms with Crippen molar-refractivity contribution in [3.8, 4) is 0 Å². The molecule has 1 amide bonds. The van der Waals surface area contributed by atoms with Crippen molar-refractivity contribution in [2.45, 2.75) is 45.1 Å². The van der Waals surface area contributed by atoms with Gasteiger partial charge in [-0.05, 0) is 25.7 Å². The molecule has 0 aromatic carbocycles. The van der Waals surface area contributed by atoms with Gasteiger partial charge in [0.2, 0.25) is 5.91 Å².